The third-order valence-corrected chi connectivity index (χ3v) is 5.32. The van der Waals surface area contributed by atoms with Crippen LogP contribution in [-0.4, -0.2) is 9.55 Å². The topological polar surface area (TPSA) is 17.8 Å². The molecule has 3 rings (SSSR count). The highest BCUT2D eigenvalue weighted by atomic mass is 35.5. The first kappa shape index (κ1) is 18.8. The lowest BCUT2D eigenvalue weighted by atomic mass is 9.98. The van der Waals surface area contributed by atoms with Crippen molar-refractivity contribution < 1.29 is 13.2 Å². The highest BCUT2D eigenvalue weighted by Crippen LogP contribution is 2.34. The minimum Gasteiger partial charge on any atom is -0.331 e. The summed E-state index contributed by atoms with van der Waals surface area (Å²) in [7, 11) is 1.75. The van der Waals surface area contributed by atoms with Gasteiger partial charge in [-0.25, -0.2) is 4.98 Å². The Bertz CT molecular complexity index is 987. The summed E-state index contributed by atoms with van der Waals surface area (Å²) in [4.78, 5) is 4.60. The molecule has 0 saturated carbocycles. The fraction of sp³-hybridized carbons (Fsp3) is 0.350. The highest BCUT2D eigenvalue weighted by molar-refractivity contribution is 6.31. The van der Waals surface area contributed by atoms with Gasteiger partial charge in [0.25, 0.3) is 0 Å². The second-order valence-electron chi connectivity index (χ2n) is 6.59. The second-order valence-corrected chi connectivity index (χ2v) is 6.99. The molecule has 3 aromatic rings. The van der Waals surface area contributed by atoms with Crippen LogP contribution in [0.15, 0.2) is 24.3 Å². The van der Waals surface area contributed by atoms with Crippen molar-refractivity contribution in [2.24, 2.45) is 7.05 Å². The van der Waals surface area contributed by atoms with E-state index in [2.05, 4.69) is 11.9 Å². The minimum absolute atomic E-state index is 0.477. The minimum atomic E-state index is -4.38. The van der Waals surface area contributed by atoms with E-state index in [9.17, 15) is 13.2 Å². The monoisotopic (exact) mass is 380 g/mol. The molecular weight excluding hydrogens is 361 g/mol. The van der Waals surface area contributed by atoms with Crippen LogP contribution in [0, 0.1) is 13.8 Å². The van der Waals surface area contributed by atoms with Gasteiger partial charge in [-0.2, -0.15) is 13.2 Å². The number of alkyl halides is 3. The molecule has 0 saturated heterocycles. The van der Waals surface area contributed by atoms with Crippen LogP contribution in [0.3, 0.4) is 0 Å². The van der Waals surface area contributed by atoms with Crippen molar-refractivity contribution in [2.75, 3.05) is 0 Å². The normalized spacial score (nSPS) is 12.2. The lowest BCUT2D eigenvalue weighted by Crippen LogP contribution is -2.06. The van der Waals surface area contributed by atoms with Crippen LogP contribution in [0.25, 0.3) is 11.0 Å². The maximum Gasteiger partial charge on any atom is 0.416 e. The average Bonchev–Trinajstić information content (AvgIpc) is 2.88. The zero-order valence-electron chi connectivity index (χ0n) is 15.1. The summed E-state index contributed by atoms with van der Waals surface area (Å²) in [5.41, 5.74) is 4.22. The number of hydrogen-bond donors (Lipinski definition) is 0. The number of benzene rings is 2. The second kappa shape index (κ2) is 6.62. The average molecular weight is 381 g/mol. The summed E-state index contributed by atoms with van der Waals surface area (Å²) >= 11 is 6.39. The van der Waals surface area contributed by atoms with Gasteiger partial charge in [-0.05, 0) is 60.7 Å². The summed E-state index contributed by atoms with van der Waals surface area (Å²) in [5.74, 6) is 0.695. The Kier molecular flexibility index (Phi) is 4.78. The smallest absolute Gasteiger partial charge is 0.331 e. The molecule has 2 aromatic carbocycles. The lowest BCUT2D eigenvalue weighted by Gasteiger charge is -2.12. The van der Waals surface area contributed by atoms with Crippen molar-refractivity contribution in [3.05, 3.63) is 62.9 Å². The van der Waals surface area contributed by atoms with Gasteiger partial charge in [-0.3, -0.25) is 0 Å². The molecule has 0 aliphatic carbocycles. The number of fused-ring (bicyclic) bond motifs is 1. The van der Waals surface area contributed by atoms with Crippen molar-refractivity contribution in [1.29, 1.82) is 0 Å². The maximum atomic E-state index is 13.1. The predicted molar refractivity (Wildman–Crippen MR) is 98.8 cm³/mol. The third kappa shape index (κ3) is 3.20. The molecule has 1 heterocycles. The molecule has 0 bridgehead atoms. The van der Waals surface area contributed by atoms with Crippen molar-refractivity contribution in [1.82, 2.24) is 9.55 Å². The van der Waals surface area contributed by atoms with Crippen molar-refractivity contribution in [2.45, 2.75) is 39.8 Å². The quantitative estimate of drug-likeness (QED) is 0.543. The predicted octanol–water partition coefficient (Wildman–Crippen LogP) is 6.02. The Hall–Kier alpha value is -2.01. The van der Waals surface area contributed by atoms with E-state index in [1.165, 1.54) is 5.56 Å². The van der Waals surface area contributed by atoms with Gasteiger partial charge in [0.2, 0.25) is 0 Å². The molecule has 138 valence electrons. The molecule has 0 N–H and O–H groups in total. The molecule has 0 aliphatic rings. The van der Waals surface area contributed by atoms with E-state index in [0.29, 0.717) is 33.9 Å². The molecule has 26 heavy (non-hydrogen) atoms. The first-order chi connectivity index (χ1) is 12.1. The van der Waals surface area contributed by atoms with Gasteiger partial charge in [0, 0.05) is 18.5 Å². The third-order valence-electron chi connectivity index (χ3n) is 4.97. The van der Waals surface area contributed by atoms with Crippen molar-refractivity contribution >= 4 is 22.6 Å². The number of aryl methyl sites for hydroxylation is 3. The number of nitrogens with zero attached hydrogens (tertiary/aromatic N) is 2. The largest absolute Gasteiger partial charge is 0.416 e. The number of halogens is 4. The summed E-state index contributed by atoms with van der Waals surface area (Å²) < 4.78 is 41.1. The Balaban J connectivity index is 2.13. The van der Waals surface area contributed by atoms with Crippen LogP contribution in [-0.2, 0) is 26.1 Å². The first-order valence-electron chi connectivity index (χ1n) is 8.43. The number of aromatic nitrogens is 2. The molecule has 0 aliphatic heterocycles. The van der Waals surface area contributed by atoms with Gasteiger partial charge < -0.3 is 4.57 Å². The van der Waals surface area contributed by atoms with Gasteiger partial charge in [0.05, 0.1) is 16.6 Å². The number of hydrogen-bond acceptors (Lipinski definition) is 1. The van der Waals surface area contributed by atoms with Gasteiger partial charge in [0.1, 0.15) is 5.82 Å². The van der Waals surface area contributed by atoms with E-state index in [-0.39, 0.29) is 0 Å². The number of imidazole rings is 1. The Morgan fingerprint density at radius 1 is 1.15 bits per heavy atom. The Labute approximate surface area is 155 Å². The molecule has 0 spiro atoms. The molecule has 1 aromatic heterocycles. The molecular formula is C20H20ClF3N2. The maximum absolute atomic E-state index is 13.1. The van der Waals surface area contributed by atoms with Crippen LogP contribution in [0.1, 0.15) is 40.6 Å². The summed E-state index contributed by atoms with van der Waals surface area (Å²) in [5, 5.41) is 0.652. The van der Waals surface area contributed by atoms with E-state index < -0.39 is 11.7 Å². The van der Waals surface area contributed by atoms with E-state index in [1.807, 2.05) is 19.1 Å². The van der Waals surface area contributed by atoms with Crippen LogP contribution in [0.2, 0.25) is 5.02 Å². The summed E-state index contributed by atoms with van der Waals surface area (Å²) in [6.07, 6.45) is -3.00. The Morgan fingerprint density at radius 3 is 2.46 bits per heavy atom. The highest BCUT2D eigenvalue weighted by Gasteiger charge is 2.31. The fourth-order valence-electron chi connectivity index (χ4n) is 3.36. The van der Waals surface area contributed by atoms with Crippen molar-refractivity contribution in [3.8, 4) is 0 Å². The van der Waals surface area contributed by atoms with Gasteiger partial charge in [0.15, 0.2) is 0 Å². The van der Waals surface area contributed by atoms with Gasteiger partial charge in [-0.1, -0.05) is 24.6 Å². The Morgan fingerprint density at radius 2 is 1.85 bits per heavy atom. The van der Waals surface area contributed by atoms with E-state index in [1.54, 1.807) is 18.5 Å². The van der Waals surface area contributed by atoms with E-state index in [4.69, 9.17) is 11.6 Å². The van der Waals surface area contributed by atoms with Gasteiger partial charge >= 0.3 is 6.18 Å². The zero-order chi connectivity index (χ0) is 19.2. The molecule has 2 nitrogen and oxygen atoms in total. The fourth-order valence-corrected chi connectivity index (χ4v) is 3.63. The van der Waals surface area contributed by atoms with Crippen LogP contribution in [0.4, 0.5) is 13.2 Å². The first-order valence-corrected chi connectivity index (χ1v) is 8.81. The van der Waals surface area contributed by atoms with E-state index >= 15 is 0 Å². The molecule has 0 radical (unpaired) electrons. The molecule has 0 atom stereocenters. The summed E-state index contributed by atoms with van der Waals surface area (Å²) in [6, 6.07) is 6.19. The van der Waals surface area contributed by atoms with Crippen molar-refractivity contribution in [3.63, 3.8) is 0 Å². The summed E-state index contributed by atoms with van der Waals surface area (Å²) in [6.45, 7) is 5.76. The number of rotatable bonds is 3. The zero-order valence-corrected chi connectivity index (χ0v) is 15.9. The SMILES string of the molecule is CCc1ccc(Cl)c(Cc2nc3c(C)cc(C(F)(F)F)cc3n2C)c1C. The lowest BCUT2D eigenvalue weighted by molar-refractivity contribution is -0.137. The molecule has 0 amide bonds. The molecule has 0 fully saturated rings. The van der Waals surface area contributed by atoms with Crippen LogP contribution in [0.5, 0.6) is 0 Å². The van der Waals surface area contributed by atoms with Gasteiger partial charge in [-0.15, -0.1) is 0 Å². The van der Waals surface area contributed by atoms with Crippen LogP contribution < -0.4 is 0 Å². The van der Waals surface area contributed by atoms with E-state index in [0.717, 1.165) is 29.7 Å². The molecule has 6 heteroatoms. The van der Waals surface area contributed by atoms with Crippen LogP contribution >= 0.6 is 11.6 Å². The molecule has 0 unspecified atom stereocenters. The standard InChI is InChI=1S/C20H20ClF3N2/c1-5-13-6-7-16(21)15(12(13)3)10-18-25-19-11(2)8-14(20(22,23)24)9-17(19)26(18)4/h6-9H,5,10H2,1-4H3.